The van der Waals surface area contributed by atoms with Gasteiger partial charge in [0.05, 0.1) is 28.2 Å². The second-order valence-corrected chi connectivity index (χ2v) is 6.54. The number of rotatable bonds is 4. The highest BCUT2D eigenvalue weighted by Gasteiger charge is 2.11. The molecule has 0 spiro atoms. The molecule has 26 heavy (non-hydrogen) atoms. The Kier molecular flexibility index (Phi) is 5.27. The first-order chi connectivity index (χ1) is 12.5. The van der Waals surface area contributed by atoms with Crippen molar-refractivity contribution in [2.45, 2.75) is 13.5 Å². The van der Waals surface area contributed by atoms with E-state index in [1.54, 1.807) is 41.1 Å². The van der Waals surface area contributed by atoms with E-state index < -0.39 is 0 Å². The summed E-state index contributed by atoms with van der Waals surface area (Å²) in [4.78, 5) is 12.3. The number of hydrogen-bond donors (Lipinski definition) is 1. The Morgan fingerprint density at radius 1 is 1.19 bits per heavy atom. The predicted molar refractivity (Wildman–Crippen MR) is 102 cm³/mol. The van der Waals surface area contributed by atoms with E-state index in [0.29, 0.717) is 33.5 Å². The van der Waals surface area contributed by atoms with Gasteiger partial charge in [-0.3, -0.25) is 9.48 Å². The summed E-state index contributed by atoms with van der Waals surface area (Å²) >= 11 is 12.0. The number of halogens is 2. The van der Waals surface area contributed by atoms with Crippen molar-refractivity contribution < 1.29 is 4.79 Å². The fourth-order valence-corrected chi connectivity index (χ4v) is 2.78. The molecule has 0 fully saturated rings. The van der Waals surface area contributed by atoms with Crippen LogP contribution in [-0.2, 0) is 6.54 Å². The molecule has 130 valence electrons. The van der Waals surface area contributed by atoms with E-state index in [0.717, 1.165) is 11.3 Å². The van der Waals surface area contributed by atoms with E-state index in [-0.39, 0.29) is 5.91 Å². The number of carbonyl (C=O) groups excluding carboxylic acids is 1. The Morgan fingerprint density at radius 2 is 2.00 bits per heavy atom. The molecule has 3 rings (SSSR count). The van der Waals surface area contributed by atoms with Crippen molar-refractivity contribution in [3.63, 3.8) is 0 Å². The minimum absolute atomic E-state index is 0.318. The number of benzene rings is 2. The minimum Gasteiger partial charge on any atom is -0.305 e. The number of nitriles is 1. The number of nitrogens with zero attached hydrogens (tertiary/aromatic N) is 3. The maximum absolute atomic E-state index is 12.3. The predicted octanol–water partition coefficient (Wildman–Crippen LogP) is 4.67. The number of carbonyl (C=O) groups is 1. The van der Waals surface area contributed by atoms with Crippen molar-refractivity contribution in [2.24, 2.45) is 0 Å². The zero-order valence-electron chi connectivity index (χ0n) is 13.8. The molecule has 1 aromatic heterocycles. The summed E-state index contributed by atoms with van der Waals surface area (Å²) in [5.74, 6) is 0.121. The first-order valence-electron chi connectivity index (χ1n) is 7.76. The number of hydrogen-bond acceptors (Lipinski definition) is 3. The van der Waals surface area contributed by atoms with E-state index >= 15 is 0 Å². The lowest BCUT2D eigenvalue weighted by atomic mass is 10.1. The average Bonchev–Trinajstić information content (AvgIpc) is 2.97. The summed E-state index contributed by atoms with van der Waals surface area (Å²) in [6, 6.07) is 15.7. The first-order valence-corrected chi connectivity index (χ1v) is 8.52. The Hall–Kier alpha value is -2.81. The third-order valence-corrected chi connectivity index (χ3v) is 4.53. The highest BCUT2D eigenvalue weighted by atomic mass is 35.5. The van der Waals surface area contributed by atoms with Crippen LogP contribution in [0, 0.1) is 18.3 Å². The second-order valence-electron chi connectivity index (χ2n) is 5.72. The summed E-state index contributed by atoms with van der Waals surface area (Å²) < 4.78 is 1.76. The lowest BCUT2D eigenvalue weighted by Gasteiger charge is -2.06. The third-order valence-electron chi connectivity index (χ3n) is 3.79. The molecule has 0 aliphatic rings. The highest BCUT2D eigenvalue weighted by Crippen LogP contribution is 2.23. The van der Waals surface area contributed by atoms with Crippen molar-refractivity contribution in [3.05, 3.63) is 81.0 Å². The summed E-state index contributed by atoms with van der Waals surface area (Å²) in [6.07, 6.45) is 0. The van der Waals surface area contributed by atoms with Crippen LogP contribution in [0.15, 0.2) is 48.5 Å². The van der Waals surface area contributed by atoms with Crippen LogP contribution in [-0.4, -0.2) is 15.7 Å². The van der Waals surface area contributed by atoms with Gasteiger partial charge >= 0.3 is 0 Å². The van der Waals surface area contributed by atoms with Crippen LogP contribution in [0.5, 0.6) is 0 Å². The third kappa shape index (κ3) is 4.05. The van der Waals surface area contributed by atoms with Gasteiger partial charge in [-0.05, 0) is 42.8 Å². The zero-order valence-corrected chi connectivity index (χ0v) is 15.3. The fraction of sp³-hybridized carbons (Fsp3) is 0.105. The number of amides is 1. The molecule has 0 radical (unpaired) electrons. The molecule has 0 unspecified atom stereocenters. The molecule has 0 bridgehead atoms. The van der Waals surface area contributed by atoms with Gasteiger partial charge in [-0.25, -0.2) is 0 Å². The summed E-state index contributed by atoms with van der Waals surface area (Å²) in [5.41, 5.74) is 2.67. The van der Waals surface area contributed by atoms with Crippen LogP contribution in [0.25, 0.3) is 0 Å². The summed E-state index contributed by atoms with van der Waals surface area (Å²) in [6.45, 7) is 2.40. The van der Waals surface area contributed by atoms with Crippen molar-refractivity contribution >= 4 is 34.9 Å². The first kappa shape index (κ1) is 18.0. The van der Waals surface area contributed by atoms with Crippen molar-refractivity contribution in [1.82, 2.24) is 9.78 Å². The molecular weight excluding hydrogens is 371 g/mol. The van der Waals surface area contributed by atoms with Crippen LogP contribution in [0.4, 0.5) is 5.82 Å². The van der Waals surface area contributed by atoms with Crippen LogP contribution in [0.1, 0.15) is 27.2 Å². The van der Waals surface area contributed by atoms with Gasteiger partial charge in [0.1, 0.15) is 0 Å². The molecule has 0 atom stereocenters. The van der Waals surface area contributed by atoms with Crippen LogP contribution in [0.3, 0.4) is 0 Å². The topological polar surface area (TPSA) is 70.7 Å². The van der Waals surface area contributed by atoms with Gasteiger partial charge in [0, 0.05) is 17.3 Å². The molecule has 5 nitrogen and oxygen atoms in total. The highest BCUT2D eigenvalue weighted by molar-refractivity contribution is 6.42. The van der Waals surface area contributed by atoms with E-state index in [9.17, 15) is 4.79 Å². The lowest BCUT2D eigenvalue weighted by molar-refractivity contribution is 0.102. The van der Waals surface area contributed by atoms with Crippen LogP contribution in [0.2, 0.25) is 10.0 Å². The quantitative estimate of drug-likeness (QED) is 0.710. The molecule has 0 aliphatic carbocycles. The normalized spacial score (nSPS) is 10.4. The van der Waals surface area contributed by atoms with Gasteiger partial charge in [-0.2, -0.15) is 10.4 Å². The van der Waals surface area contributed by atoms with Crippen molar-refractivity contribution in [1.29, 1.82) is 5.26 Å². The largest absolute Gasteiger partial charge is 0.305 e. The maximum Gasteiger partial charge on any atom is 0.256 e. The Morgan fingerprint density at radius 3 is 2.73 bits per heavy atom. The van der Waals surface area contributed by atoms with E-state index in [4.69, 9.17) is 28.5 Å². The maximum atomic E-state index is 12.3. The second kappa shape index (κ2) is 7.61. The Bertz CT molecular complexity index is 1020. The van der Waals surface area contributed by atoms with Crippen LogP contribution >= 0.6 is 23.2 Å². The van der Waals surface area contributed by atoms with Gasteiger partial charge in [-0.1, -0.05) is 35.3 Å². The number of aryl methyl sites for hydroxylation is 1. The molecule has 0 aliphatic heterocycles. The standard InChI is InChI=1S/C19H14Cl2N4O/c1-12-7-18(23-19(26)15-4-2-3-13(8-15)10-22)24-25(12)11-14-5-6-16(20)17(21)9-14/h2-9H,11H2,1H3,(H,23,24,26). The molecular formula is C19H14Cl2N4O. The molecule has 0 saturated carbocycles. The van der Waals surface area contributed by atoms with Gasteiger partial charge < -0.3 is 5.32 Å². The fourth-order valence-electron chi connectivity index (χ4n) is 2.46. The molecule has 0 saturated heterocycles. The Balaban J connectivity index is 1.76. The Labute approximate surface area is 160 Å². The smallest absolute Gasteiger partial charge is 0.256 e. The van der Waals surface area contributed by atoms with Crippen LogP contribution < -0.4 is 5.32 Å². The summed E-state index contributed by atoms with van der Waals surface area (Å²) in [5, 5.41) is 17.1. The zero-order chi connectivity index (χ0) is 18.7. The number of anilines is 1. The monoisotopic (exact) mass is 384 g/mol. The molecule has 1 N–H and O–H groups in total. The molecule has 2 aromatic carbocycles. The van der Waals surface area contributed by atoms with Gasteiger partial charge in [0.15, 0.2) is 5.82 Å². The molecule has 1 heterocycles. The molecule has 7 heteroatoms. The molecule has 1 amide bonds. The lowest BCUT2D eigenvalue weighted by Crippen LogP contribution is -2.13. The van der Waals surface area contributed by atoms with Gasteiger partial charge in [0.25, 0.3) is 5.91 Å². The van der Waals surface area contributed by atoms with E-state index in [2.05, 4.69) is 10.4 Å². The number of aromatic nitrogens is 2. The van der Waals surface area contributed by atoms with E-state index in [1.165, 1.54) is 6.07 Å². The minimum atomic E-state index is -0.318. The van der Waals surface area contributed by atoms with Crippen molar-refractivity contribution in [2.75, 3.05) is 5.32 Å². The van der Waals surface area contributed by atoms with E-state index in [1.807, 2.05) is 19.1 Å². The number of nitrogens with one attached hydrogen (secondary N) is 1. The SMILES string of the molecule is Cc1cc(NC(=O)c2cccc(C#N)c2)nn1Cc1ccc(Cl)c(Cl)c1. The van der Waals surface area contributed by atoms with Crippen molar-refractivity contribution in [3.8, 4) is 6.07 Å². The average molecular weight is 385 g/mol. The molecule has 3 aromatic rings. The van der Waals surface area contributed by atoms with Gasteiger partial charge in [0.2, 0.25) is 0 Å². The van der Waals surface area contributed by atoms with Gasteiger partial charge in [-0.15, -0.1) is 0 Å². The summed E-state index contributed by atoms with van der Waals surface area (Å²) in [7, 11) is 0.